The minimum absolute atomic E-state index is 0.208. The molecule has 19 heavy (non-hydrogen) atoms. The predicted octanol–water partition coefficient (Wildman–Crippen LogP) is 4.60. The van der Waals surface area contributed by atoms with Gasteiger partial charge in [0.05, 0.1) is 5.92 Å². The zero-order chi connectivity index (χ0) is 13.9. The van der Waals surface area contributed by atoms with Crippen molar-refractivity contribution in [2.24, 2.45) is 11.8 Å². The zero-order valence-corrected chi connectivity index (χ0v) is 11.3. The van der Waals surface area contributed by atoms with Crippen molar-refractivity contribution >= 4 is 11.6 Å². The first-order valence-electron chi connectivity index (χ1n) is 6.59. The minimum Gasteiger partial charge on any atom is -0.261 e. The number of hydrogen-bond acceptors (Lipinski definition) is 1. The number of halogens is 4. The first kappa shape index (κ1) is 14.6. The maximum absolute atomic E-state index is 13.0. The molecular weight excluding hydrogens is 275 g/mol. The van der Waals surface area contributed by atoms with Crippen LogP contribution in [0.5, 0.6) is 0 Å². The third kappa shape index (κ3) is 3.85. The Morgan fingerprint density at radius 1 is 1.26 bits per heavy atom. The third-order valence-electron chi connectivity index (χ3n) is 3.83. The largest absolute Gasteiger partial charge is 0.392 e. The van der Waals surface area contributed by atoms with Gasteiger partial charge < -0.3 is 0 Å². The van der Waals surface area contributed by atoms with Crippen molar-refractivity contribution in [3.8, 4) is 0 Å². The fourth-order valence-corrected chi connectivity index (χ4v) is 3.33. The van der Waals surface area contributed by atoms with Crippen LogP contribution in [0.25, 0.3) is 0 Å². The predicted molar refractivity (Wildman–Crippen MR) is 69.1 cm³/mol. The first-order valence-corrected chi connectivity index (χ1v) is 7.03. The number of rotatable bonds is 3. The monoisotopic (exact) mass is 291 g/mol. The van der Waals surface area contributed by atoms with Crippen molar-refractivity contribution in [2.45, 2.75) is 43.7 Å². The van der Waals surface area contributed by atoms with Gasteiger partial charge in [-0.15, -0.1) is 11.6 Å². The van der Waals surface area contributed by atoms with Gasteiger partial charge in [0, 0.05) is 23.7 Å². The first-order chi connectivity index (χ1) is 8.98. The van der Waals surface area contributed by atoms with E-state index in [1.807, 2.05) is 6.07 Å². The van der Waals surface area contributed by atoms with Crippen molar-refractivity contribution in [2.75, 3.05) is 0 Å². The van der Waals surface area contributed by atoms with Crippen molar-refractivity contribution in [1.82, 2.24) is 4.98 Å². The Kier molecular flexibility index (Phi) is 4.71. The highest BCUT2D eigenvalue weighted by Gasteiger charge is 2.47. The summed E-state index contributed by atoms with van der Waals surface area (Å²) >= 11 is 6.25. The molecule has 1 saturated carbocycles. The van der Waals surface area contributed by atoms with Crippen LogP contribution >= 0.6 is 11.6 Å². The number of aromatic nitrogens is 1. The van der Waals surface area contributed by atoms with Gasteiger partial charge in [0.2, 0.25) is 0 Å². The third-order valence-corrected chi connectivity index (χ3v) is 4.31. The SMILES string of the molecule is FC(F)(F)C1CCCCC1C(Cl)Cc1ccccn1. The molecule has 0 aliphatic heterocycles. The van der Waals surface area contributed by atoms with Crippen LogP contribution in [0.2, 0.25) is 0 Å². The summed E-state index contributed by atoms with van der Waals surface area (Å²) in [6.07, 6.45) is 0.157. The molecule has 5 heteroatoms. The molecule has 106 valence electrons. The molecule has 0 saturated heterocycles. The van der Waals surface area contributed by atoms with Gasteiger partial charge in [-0.1, -0.05) is 18.9 Å². The Morgan fingerprint density at radius 2 is 2.00 bits per heavy atom. The van der Waals surface area contributed by atoms with Gasteiger partial charge in [-0.25, -0.2) is 0 Å². The van der Waals surface area contributed by atoms with Crippen LogP contribution in [0.4, 0.5) is 13.2 Å². The van der Waals surface area contributed by atoms with E-state index in [1.54, 1.807) is 18.3 Å². The van der Waals surface area contributed by atoms with Gasteiger partial charge in [0.25, 0.3) is 0 Å². The van der Waals surface area contributed by atoms with Crippen LogP contribution in [-0.2, 0) is 6.42 Å². The van der Waals surface area contributed by atoms with E-state index in [1.165, 1.54) is 0 Å². The quantitative estimate of drug-likeness (QED) is 0.742. The van der Waals surface area contributed by atoms with E-state index in [2.05, 4.69) is 4.98 Å². The molecule has 1 aliphatic carbocycles. The second kappa shape index (κ2) is 6.12. The summed E-state index contributed by atoms with van der Waals surface area (Å²) in [6, 6.07) is 5.42. The van der Waals surface area contributed by atoms with E-state index in [0.717, 1.165) is 12.1 Å². The molecule has 3 atom stereocenters. The van der Waals surface area contributed by atoms with Crippen molar-refractivity contribution in [1.29, 1.82) is 0 Å². The van der Waals surface area contributed by atoms with E-state index in [-0.39, 0.29) is 6.42 Å². The lowest BCUT2D eigenvalue weighted by Gasteiger charge is -2.35. The fraction of sp³-hybridized carbons (Fsp3) is 0.643. The van der Waals surface area contributed by atoms with Crippen molar-refractivity contribution in [3.05, 3.63) is 30.1 Å². The van der Waals surface area contributed by atoms with Crippen LogP contribution in [0.3, 0.4) is 0 Å². The molecule has 2 rings (SSSR count). The topological polar surface area (TPSA) is 12.9 Å². The highest BCUT2D eigenvalue weighted by molar-refractivity contribution is 6.20. The van der Waals surface area contributed by atoms with Gasteiger partial charge in [-0.05, 0) is 30.9 Å². The Morgan fingerprint density at radius 3 is 2.63 bits per heavy atom. The van der Waals surface area contributed by atoms with Crippen LogP contribution in [0.15, 0.2) is 24.4 Å². The average Bonchev–Trinajstić information content (AvgIpc) is 2.39. The van der Waals surface area contributed by atoms with Crippen molar-refractivity contribution in [3.63, 3.8) is 0 Å². The molecule has 0 bridgehead atoms. The maximum atomic E-state index is 13.0. The van der Waals surface area contributed by atoms with Crippen LogP contribution in [-0.4, -0.2) is 16.5 Å². The smallest absolute Gasteiger partial charge is 0.261 e. The summed E-state index contributed by atoms with van der Waals surface area (Å²) in [4.78, 5) is 4.14. The number of pyridine rings is 1. The van der Waals surface area contributed by atoms with E-state index < -0.39 is 23.4 Å². The molecule has 0 N–H and O–H groups in total. The molecule has 0 radical (unpaired) electrons. The van der Waals surface area contributed by atoms with E-state index >= 15 is 0 Å². The van der Waals surface area contributed by atoms with E-state index in [0.29, 0.717) is 19.3 Å². The lowest BCUT2D eigenvalue weighted by atomic mass is 9.76. The van der Waals surface area contributed by atoms with E-state index in [9.17, 15) is 13.2 Å². The Bertz CT molecular complexity index is 393. The Labute approximate surface area is 116 Å². The number of hydrogen-bond donors (Lipinski definition) is 0. The molecule has 0 spiro atoms. The van der Waals surface area contributed by atoms with Crippen LogP contribution in [0.1, 0.15) is 31.4 Å². The standard InChI is InChI=1S/C14H17ClF3N/c15-13(9-10-5-3-4-8-19-10)11-6-1-2-7-12(11)14(16,17)18/h3-5,8,11-13H,1-2,6-7,9H2. The number of nitrogens with zero attached hydrogens (tertiary/aromatic N) is 1. The van der Waals surface area contributed by atoms with Gasteiger partial charge in [0.1, 0.15) is 0 Å². The minimum atomic E-state index is -4.14. The van der Waals surface area contributed by atoms with Crippen molar-refractivity contribution < 1.29 is 13.2 Å². The van der Waals surface area contributed by atoms with Gasteiger partial charge in [-0.2, -0.15) is 13.2 Å². The lowest BCUT2D eigenvalue weighted by Crippen LogP contribution is -2.38. The maximum Gasteiger partial charge on any atom is 0.392 e. The summed E-state index contributed by atoms with van der Waals surface area (Å²) in [5, 5.41) is -0.498. The highest BCUT2D eigenvalue weighted by Crippen LogP contribution is 2.44. The molecule has 1 aromatic rings. The summed E-state index contributed by atoms with van der Waals surface area (Å²) in [5.41, 5.74) is 0.758. The highest BCUT2D eigenvalue weighted by atomic mass is 35.5. The summed E-state index contributed by atoms with van der Waals surface area (Å²) in [6.45, 7) is 0. The normalized spacial score (nSPS) is 26.1. The Hall–Kier alpha value is -0.770. The molecular formula is C14H17ClF3N. The van der Waals surface area contributed by atoms with E-state index in [4.69, 9.17) is 11.6 Å². The lowest BCUT2D eigenvalue weighted by molar-refractivity contribution is -0.196. The van der Waals surface area contributed by atoms with Crippen LogP contribution < -0.4 is 0 Å². The van der Waals surface area contributed by atoms with Gasteiger partial charge in [0.15, 0.2) is 0 Å². The Balaban J connectivity index is 2.05. The molecule has 0 amide bonds. The molecule has 3 unspecified atom stereocenters. The zero-order valence-electron chi connectivity index (χ0n) is 10.5. The average molecular weight is 292 g/mol. The fourth-order valence-electron chi connectivity index (χ4n) is 2.87. The van der Waals surface area contributed by atoms with Gasteiger partial charge in [-0.3, -0.25) is 4.98 Å². The summed E-state index contributed by atoms with van der Waals surface area (Å²) in [7, 11) is 0. The van der Waals surface area contributed by atoms with Crippen LogP contribution in [0, 0.1) is 11.8 Å². The summed E-state index contributed by atoms with van der Waals surface area (Å²) < 4.78 is 39.0. The summed E-state index contributed by atoms with van der Waals surface area (Å²) in [5.74, 6) is -1.75. The molecule has 1 aromatic heterocycles. The molecule has 1 heterocycles. The second-order valence-corrected chi connectivity index (χ2v) is 5.70. The molecule has 1 fully saturated rings. The molecule has 1 aliphatic rings. The molecule has 1 nitrogen and oxygen atoms in total. The second-order valence-electron chi connectivity index (χ2n) is 5.14. The van der Waals surface area contributed by atoms with Gasteiger partial charge >= 0.3 is 6.18 Å². The molecule has 0 aromatic carbocycles. The number of alkyl halides is 4.